The third kappa shape index (κ3) is 4.06. The number of benzene rings is 1. The van der Waals surface area contributed by atoms with E-state index in [1.807, 2.05) is 6.92 Å². The number of hydrogen-bond donors (Lipinski definition) is 2. The van der Waals surface area contributed by atoms with Gasteiger partial charge in [-0.1, -0.05) is 12.8 Å². The fourth-order valence-corrected chi connectivity index (χ4v) is 5.56. The summed E-state index contributed by atoms with van der Waals surface area (Å²) in [7, 11) is -3.59. The number of hydrogen-bond acceptors (Lipinski definition) is 4. The minimum atomic E-state index is -3.59. The van der Waals surface area contributed by atoms with E-state index >= 15 is 0 Å². The second-order valence-electron chi connectivity index (χ2n) is 7.24. The van der Waals surface area contributed by atoms with Crippen LogP contribution in [0.3, 0.4) is 0 Å². The fourth-order valence-electron chi connectivity index (χ4n) is 4.17. The summed E-state index contributed by atoms with van der Waals surface area (Å²) in [5, 5.41) is 0. The van der Waals surface area contributed by atoms with Gasteiger partial charge >= 0.3 is 0 Å². The van der Waals surface area contributed by atoms with Crippen molar-refractivity contribution in [2.75, 3.05) is 11.4 Å². The maximum atomic E-state index is 12.8. The summed E-state index contributed by atoms with van der Waals surface area (Å²) in [6, 6.07) is 5.01. The quantitative estimate of drug-likeness (QED) is 0.808. The molecule has 1 aromatic rings. The fraction of sp³-hybridized carbons (Fsp3) is 0.611. The predicted octanol–water partition coefficient (Wildman–Crippen LogP) is 2.20. The molecule has 1 aliphatic carbocycles. The van der Waals surface area contributed by atoms with Crippen molar-refractivity contribution in [2.24, 2.45) is 11.7 Å². The average molecular weight is 402 g/mol. The van der Waals surface area contributed by atoms with Gasteiger partial charge in [-0.3, -0.25) is 4.79 Å². The number of nitrogens with zero attached hydrogens (tertiary/aromatic N) is 1. The average Bonchev–Trinajstić information content (AvgIpc) is 2.90. The Bertz CT molecular complexity index is 769. The molecule has 1 amide bonds. The first-order valence-corrected chi connectivity index (χ1v) is 10.5. The van der Waals surface area contributed by atoms with Crippen molar-refractivity contribution in [1.82, 2.24) is 4.72 Å². The number of amides is 1. The Morgan fingerprint density at radius 2 is 2.00 bits per heavy atom. The first-order chi connectivity index (χ1) is 11.8. The molecule has 0 aromatic heterocycles. The van der Waals surface area contributed by atoms with Gasteiger partial charge in [-0.05, 0) is 62.4 Å². The number of anilines is 1. The van der Waals surface area contributed by atoms with Crippen LogP contribution in [-0.4, -0.2) is 33.0 Å². The van der Waals surface area contributed by atoms with E-state index in [1.54, 1.807) is 23.1 Å². The smallest absolute Gasteiger partial charge is 0.240 e. The maximum Gasteiger partial charge on any atom is 0.240 e. The summed E-state index contributed by atoms with van der Waals surface area (Å²) < 4.78 is 28.5. The van der Waals surface area contributed by atoms with Gasteiger partial charge in [0.2, 0.25) is 15.9 Å². The lowest BCUT2D eigenvalue weighted by Gasteiger charge is -2.31. The van der Waals surface area contributed by atoms with Gasteiger partial charge in [0, 0.05) is 24.7 Å². The summed E-state index contributed by atoms with van der Waals surface area (Å²) in [5.74, 6) is 0.180. The van der Waals surface area contributed by atoms with Crippen LogP contribution in [0.1, 0.15) is 45.1 Å². The number of fused-ring (bicyclic) bond motifs is 1. The molecule has 1 aromatic carbocycles. The molecule has 6 nitrogen and oxygen atoms in total. The highest BCUT2D eigenvalue weighted by Gasteiger charge is 2.32. The molecule has 1 heterocycles. The highest BCUT2D eigenvalue weighted by atomic mass is 35.5. The summed E-state index contributed by atoms with van der Waals surface area (Å²) in [5.41, 5.74) is 7.53. The van der Waals surface area contributed by atoms with Crippen LogP contribution in [-0.2, 0) is 21.2 Å². The second kappa shape index (κ2) is 8.25. The number of sulfonamides is 1. The van der Waals surface area contributed by atoms with E-state index in [0.29, 0.717) is 13.0 Å². The van der Waals surface area contributed by atoms with E-state index in [9.17, 15) is 13.2 Å². The topological polar surface area (TPSA) is 92.5 Å². The molecule has 1 fully saturated rings. The Morgan fingerprint density at radius 1 is 1.31 bits per heavy atom. The first kappa shape index (κ1) is 21.2. The number of carbonyl (C=O) groups is 1. The van der Waals surface area contributed by atoms with Gasteiger partial charge in [-0.25, -0.2) is 13.1 Å². The normalized spacial score (nSPS) is 25.5. The third-order valence-electron chi connectivity index (χ3n) is 5.43. The summed E-state index contributed by atoms with van der Waals surface area (Å²) in [4.78, 5) is 13.8. The highest BCUT2D eigenvalue weighted by molar-refractivity contribution is 7.89. The third-order valence-corrected chi connectivity index (χ3v) is 6.92. The van der Waals surface area contributed by atoms with Crippen molar-refractivity contribution in [1.29, 1.82) is 0 Å². The van der Waals surface area contributed by atoms with Crippen molar-refractivity contribution < 1.29 is 13.2 Å². The number of nitrogens with one attached hydrogen (secondary N) is 1. The molecule has 0 bridgehead atoms. The zero-order chi connectivity index (χ0) is 18.2. The predicted molar refractivity (Wildman–Crippen MR) is 105 cm³/mol. The molecule has 3 atom stereocenters. The van der Waals surface area contributed by atoms with Crippen LogP contribution >= 0.6 is 12.4 Å². The van der Waals surface area contributed by atoms with Crippen molar-refractivity contribution in [2.45, 2.75) is 62.9 Å². The van der Waals surface area contributed by atoms with E-state index in [1.165, 1.54) is 6.92 Å². The summed E-state index contributed by atoms with van der Waals surface area (Å²) >= 11 is 0. The summed E-state index contributed by atoms with van der Waals surface area (Å²) in [6.07, 6.45) is 4.62. The Labute approximate surface area is 162 Å². The Balaban J connectivity index is 0.00000243. The standard InChI is InChI=1S/C18H27N3O3S.ClH/c1-12-9-15-10-16(7-8-18(15)21(12)13(2)22)25(23,24)20-17-6-4-3-5-14(17)11-19;/h7-8,10,12,14,17,20H,3-6,9,11,19H2,1-2H3;1H. The molecule has 0 spiro atoms. The number of nitrogens with two attached hydrogens (primary N) is 1. The van der Waals surface area contributed by atoms with Crippen LogP contribution in [0.4, 0.5) is 5.69 Å². The van der Waals surface area contributed by atoms with E-state index in [2.05, 4.69) is 4.72 Å². The van der Waals surface area contributed by atoms with Crippen LogP contribution in [0.25, 0.3) is 0 Å². The minimum absolute atomic E-state index is 0. The highest BCUT2D eigenvalue weighted by Crippen LogP contribution is 2.34. The van der Waals surface area contributed by atoms with Gasteiger partial charge in [0.1, 0.15) is 0 Å². The van der Waals surface area contributed by atoms with E-state index in [0.717, 1.165) is 36.9 Å². The molecule has 146 valence electrons. The monoisotopic (exact) mass is 401 g/mol. The molecule has 0 saturated heterocycles. The number of halogens is 1. The van der Waals surface area contributed by atoms with Crippen molar-refractivity contribution in [3.63, 3.8) is 0 Å². The van der Waals surface area contributed by atoms with Gasteiger partial charge in [-0.15, -0.1) is 12.4 Å². The van der Waals surface area contributed by atoms with Crippen molar-refractivity contribution >= 4 is 34.0 Å². The molecular weight excluding hydrogens is 374 g/mol. The number of carbonyl (C=O) groups excluding carboxylic acids is 1. The molecule has 1 aliphatic heterocycles. The van der Waals surface area contributed by atoms with Gasteiger partial charge in [0.05, 0.1) is 4.90 Å². The van der Waals surface area contributed by atoms with Gasteiger partial charge in [0.15, 0.2) is 0 Å². The van der Waals surface area contributed by atoms with E-state index in [4.69, 9.17) is 5.73 Å². The lowest BCUT2D eigenvalue weighted by atomic mass is 9.85. The lowest BCUT2D eigenvalue weighted by molar-refractivity contribution is -0.116. The van der Waals surface area contributed by atoms with Crippen LogP contribution in [0.15, 0.2) is 23.1 Å². The molecule has 0 radical (unpaired) electrons. The van der Waals surface area contributed by atoms with Crippen LogP contribution < -0.4 is 15.4 Å². The Hall–Kier alpha value is -1.15. The largest absolute Gasteiger partial charge is 0.330 e. The zero-order valence-corrected chi connectivity index (χ0v) is 16.9. The van der Waals surface area contributed by atoms with Gasteiger partial charge in [0.25, 0.3) is 0 Å². The lowest BCUT2D eigenvalue weighted by Crippen LogP contribution is -2.44. The number of rotatable bonds is 4. The van der Waals surface area contributed by atoms with Crippen LogP contribution in [0, 0.1) is 5.92 Å². The maximum absolute atomic E-state index is 12.8. The molecule has 1 saturated carbocycles. The molecule has 26 heavy (non-hydrogen) atoms. The van der Waals surface area contributed by atoms with Crippen molar-refractivity contribution in [3.05, 3.63) is 23.8 Å². The SMILES string of the molecule is CC(=O)N1c2ccc(S(=O)(=O)NC3CCCCC3CN)cc2CC1C.Cl. The van der Waals surface area contributed by atoms with Crippen LogP contribution in [0.5, 0.6) is 0 Å². The Kier molecular flexibility index (Phi) is 6.71. The zero-order valence-electron chi connectivity index (χ0n) is 15.3. The van der Waals surface area contributed by atoms with Gasteiger partial charge in [-0.2, -0.15) is 0 Å². The summed E-state index contributed by atoms with van der Waals surface area (Å²) in [6.45, 7) is 4.01. The first-order valence-electron chi connectivity index (χ1n) is 8.98. The molecule has 8 heteroatoms. The molecule has 3 unspecified atom stereocenters. The molecule has 2 aliphatic rings. The van der Waals surface area contributed by atoms with Gasteiger partial charge < -0.3 is 10.6 Å². The second-order valence-corrected chi connectivity index (χ2v) is 8.95. The molecule has 3 rings (SSSR count). The molecule has 3 N–H and O–H groups in total. The van der Waals surface area contributed by atoms with Crippen LogP contribution in [0.2, 0.25) is 0 Å². The Morgan fingerprint density at radius 3 is 2.65 bits per heavy atom. The van der Waals surface area contributed by atoms with E-state index in [-0.39, 0.29) is 41.2 Å². The minimum Gasteiger partial charge on any atom is -0.330 e. The van der Waals surface area contributed by atoms with E-state index < -0.39 is 10.0 Å². The van der Waals surface area contributed by atoms with Crippen molar-refractivity contribution in [3.8, 4) is 0 Å². The molecular formula is C18H28ClN3O3S.